The Morgan fingerprint density at radius 2 is 2.08 bits per heavy atom. The van der Waals surface area contributed by atoms with Gasteiger partial charge in [0.1, 0.15) is 5.60 Å². The fraction of sp³-hybridized carbons (Fsp3) is 0.889. The van der Waals surface area contributed by atoms with E-state index in [-0.39, 0.29) is 11.7 Å². The Morgan fingerprint density at radius 3 is 2.33 bits per heavy atom. The smallest absolute Gasteiger partial charge is 0.162 e. The highest BCUT2D eigenvalue weighted by atomic mass is 16.3. The van der Waals surface area contributed by atoms with Gasteiger partial charge in [-0.1, -0.05) is 0 Å². The first-order valence-corrected chi connectivity index (χ1v) is 4.59. The van der Waals surface area contributed by atoms with Crippen molar-refractivity contribution >= 4 is 5.78 Å². The highest BCUT2D eigenvalue weighted by molar-refractivity contribution is 5.85. The predicted molar refractivity (Wildman–Crippen MR) is 44.8 cm³/mol. The topological polar surface area (TPSA) is 40.5 Å². The lowest BCUT2D eigenvalue weighted by atomic mass is 9.73. The number of rotatable bonds is 1. The lowest BCUT2D eigenvalue weighted by molar-refractivity contribution is -0.157. The van der Waals surface area contributed by atoms with Gasteiger partial charge in [0.15, 0.2) is 5.78 Å². The largest absolute Gasteiger partial charge is 0.380 e. The molecule has 3 aliphatic rings. The van der Waals surface area contributed by atoms with Crippen LogP contribution in [0.2, 0.25) is 0 Å². The van der Waals surface area contributed by atoms with Gasteiger partial charge < -0.3 is 5.11 Å². The maximum atomic E-state index is 11.2. The Hall–Kier alpha value is -0.410. The van der Waals surface area contributed by atoms with Crippen LogP contribution in [0.3, 0.4) is 0 Å². The molecule has 0 saturated carbocycles. The van der Waals surface area contributed by atoms with Crippen molar-refractivity contribution in [3.8, 4) is 0 Å². The Kier molecular flexibility index (Phi) is 1.73. The summed E-state index contributed by atoms with van der Waals surface area (Å²) in [5.41, 5.74) is -1.02. The van der Waals surface area contributed by atoms with E-state index >= 15 is 0 Å². The van der Waals surface area contributed by atoms with Crippen LogP contribution in [0.15, 0.2) is 0 Å². The Balaban J connectivity index is 2.22. The van der Waals surface area contributed by atoms with Crippen molar-refractivity contribution in [3.05, 3.63) is 0 Å². The van der Waals surface area contributed by atoms with E-state index in [0.717, 1.165) is 25.9 Å². The third-order valence-electron chi connectivity index (χ3n) is 3.34. The van der Waals surface area contributed by atoms with Gasteiger partial charge in [0.05, 0.1) is 0 Å². The molecule has 3 fully saturated rings. The number of carbonyl (C=O) groups excluding carboxylic acids is 1. The van der Waals surface area contributed by atoms with Gasteiger partial charge in [-0.3, -0.25) is 9.69 Å². The number of carbonyl (C=O) groups is 1. The minimum atomic E-state index is -1.02. The van der Waals surface area contributed by atoms with Crippen molar-refractivity contribution in [1.82, 2.24) is 4.90 Å². The van der Waals surface area contributed by atoms with Crippen molar-refractivity contribution < 1.29 is 9.90 Å². The SMILES string of the molecule is CC(=O)C1(O)CN2CCC1CC2. The first-order valence-electron chi connectivity index (χ1n) is 4.59. The number of aliphatic hydroxyl groups is 1. The summed E-state index contributed by atoms with van der Waals surface area (Å²) in [5, 5.41) is 10.0. The number of hydrogen-bond donors (Lipinski definition) is 1. The molecule has 0 aromatic heterocycles. The Morgan fingerprint density at radius 1 is 1.50 bits per heavy atom. The molecular weight excluding hydrogens is 154 g/mol. The summed E-state index contributed by atoms with van der Waals surface area (Å²) < 4.78 is 0. The summed E-state index contributed by atoms with van der Waals surface area (Å²) in [4.78, 5) is 13.4. The van der Waals surface area contributed by atoms with E-state index in [1.807, 2.05) is 0 Å². The van der Waals surface area contributed by atoms with Crippen LogP contribution < -0.4 is 0 Å². The first kappa shape index (κ1) is 8.20. The van der Waals surface area contributed by atoms with E-state index in [0.29, 0.717) is 6.54 Å². The Bertz CT molecular complexity index is 209. The molecule has 0 aromatic carbocycles. The number of Topliss-reactive ketones (excluding diaryl/α,β-unsaturated/α-hetero) is 1. The monoisotopic (exact) mass is 169 g/mol. The fourth-order valence-corrected chi connectivity index (χ4v) is 2.44. The molecule has 1 unspecified atom stereocenters. The third-order valence-corrected chi connectivity index (χ3v) is 3.34. The average molecular weight is 169 g/mol. The number of nitrogens with zero attached hydrogens (tertiary/aromatic N) is 1. The second kappa shape index (κ2) is 2.54. The van der Waals surface area contributed by atoms with Gasteiger partial charge in [0, 0.05) is 6.54 Å². The molecule has 2 bridgehead atoms. The zero-order valence-electron chi connectivity index (χ0n) is 7.42. The van der Waals surface area contributed by atoms with Crippen molar-refractivity contribution in [3.63, 3.8) is 0 Å². The van der Waals surface area contributed by atoms with E-state index in [1.165, 1.54) is 6.92 Å². The Labute approximate surface area is 72.4 Å². The molecular formula is C9H15NO2. The standard InChI is InChI=1S/C9H15NO2/c1-7(11)9(12)6-10-4-2-8(9)3-5-10/h8,12H,2-6H2,1H3. The first-order chi connectivity index (χ1) is 5.63. The van der Waals surface area contributed by atoms with Gasteiger partial charge in [-0.2, -0.15) is 0 Å². The van der Waals surface area contributed by atoms with Crippen LogP contribution >= 0.6 is 0 Å². The van der Waals surface area contributed by atoms with Gasteiger partial charge in [0.25, 0.3) is 0 Å². The molecule has 3 aliphatic heterocycles. The minimum absolute atomic E-state index is 0.0584. The van der Waals surface area contributed by atoms with Crippen LogP contribution in [-0.2, 0) is 4.79 Å². The molecule has 12 heavy (non-hydrogen) atoms. The second-order valence-corrected chi connectivity index (χ2v) is 4.03. The summed E-state index contributed by atoms with van der Waals surface area (Å²) in [6.45, 7) is 4.18. The number of hydrogen-bond acceptors (Lipinski definition) is 3. The molecule has 0 aromatic rings. The highest BCUT2D eigenvalue weighted by Crippen LogP contribution is 2.35. The lowest BCUT2D eigenvalue weighted by Gasteiger charge is -2.49. The molecule has 0 amide bonds. The van der Waals surface area contributed by atoms with Crippen LogP contribution in [-0.4, -0.2) is 41.0 Å². The van der Waals surface area contributed by atoms with Gasteiger partial charge in [-0.05, 0) is 38.8 Å². The van der Waals surface area contributed by atoms with E-state index in [9.17, 15) is 9.90 Å². The average Bonchev–Trinajstić information content (AvgIpc) is 2.05. The molecule has 0 spiro atoms. The van der Waals surface area contributed by atoms with Gasteiger partial charge in [-0.25, -0.2) is 0 Å². The number of fused-ring (bicyclic) bond motifs is 3. The fourth-order valence-electron chi connectivity index (χ4n) is 2.44. The number of ketones is 1. The molecule has 68 valence electrons. The molecule has 1 atom stereocenters. The third kappa shape index (κ3) is 1.00. The maximum absolute atomic E-state index is 11.2. The van der Waals surface area contributed by atoms with Crippen molar-refractivity contribution in [2.75, 3.05) is 19.6 Å². The zero-order chi connectivity index (χ0) is 8.77. The van der Waals surface area contributed by atoms with Gasteiger partial charge >= 0.3 is 0 Å². The van der Waals surface area contributed by atoms with Crippen LogP contribution in [0.4, 0.5) is 0 Å². The van der Waals surface area contributed by atoms with Crippen LogP contribution in [0.5, 0.6) is 0 Å². The summed E-state index contributed by atoms with van der Waals surface area (Å²) in [5.74, 6) is 0.164. The van der Waals surface area contributed by atoms with Crippen LogP contribution in [0.25, 0.3) is 0 Å². The molecule has 0 radical (unpaired) electrons. The molecule has 3 heteroatoms. The van der Waals surface area contributed by atoms with E-state index in [4.69, 9.17) is 0 Å². The van der Waals surface area contributed by atoms with Crippen LogP contribution in [0, 0.1) is 5.92 Å². The van der Waals surface area contributed by atoms with E-state index in [1.54, 1.807) is 0 Å². The normalized spacial score (nSPS) is 46.2. The van der Waals surface area contributed by atoms with E-state index < -0.39 is 5.60 Å². The van der Waals surface area contributed by atoms with Crippen molar-refractivity contribution in [1.29, 1.82) is 0 Å². The van der Waals surface area contributed by atoms with Crippen molar-refractivity contribution in [2.45, 2.75) is 25.4 Å². The molecule has 3 nitrogen and oxygen atoms in total. The predicted octanol–water partition coefficient (Wildman–Crippen LogP) is 0.0321. The minimum Gasteiger partial charge on any atom is -0.380 e. The lowest BCUT2D eigenvalue weighted by Crippen LogP contribution is -2.62. The summed E-state index contributed by atoms with van der Waals surface area (Å²) in [6, 6.07) is 0. The molecule has 3 saturated heterocycles. The van der Waals surface area contributed by atoms with Crippen molar-refractivity contribution in [2.24, 2.45) is 5.92 Å². The molecule has 1 N–H and O–H groups in total. The maximum Gasteiger partial charge on any atom is 0.162 e. The molecule has 3 heterocycles. The summed E-state index contributed by atoms with van der Waals surface area (Å²) in [7, 11) is 0. The van der Waals surface area contributed by atoms with Gasteiger partial charge in [-0.15, -0.1) is 0 Å². The second-order valence-electron chi connectivity index (χ2n) is 4.03. The van der Waals surface area contributed by atoms with E-state index in [2.05, 4.69) is 4.90 Å². The quantitative estimate of drug-likeness (QED) is 0.602. The highest BCUT2D eigenvalue weighted by Gasteiger charge is 2.48. The molecule has 3 rings (SSSR count). The molecule has 0 aliphatic carbocycles. The summed E-state index contributed by atoms with van der Waals surface area (Å²) in [6.07, 6.45) is 1.96. The van der Waals surface area contributed by atoms with Gasteiger partial charge in [0.2, 0.25) is 0 Å². The zero-order valence-corrected chi connectivity index (χ0v) is 7.42. The summed E-state index contributed by atoms with van der Waals surface area (Å²) >= 11 is 0. The number of piperidine rings is 3. The van der Waals surface area contributed by atoms with Crippen LogP contribution in [0.1, 0.15) is 19.8 Å².